The fourth-order valence-electron chi connectivity index (χ4n) is 1.15. The van der Waals surface area contributed by atoms with Crippen LogP contribution >= 0.6 is 11.6 Å². The summed E-state index contributed by atoms with van der Waals surface area (Å²) in [6.45, 7) is 4.12. The molecule has 1 nitrogen and oxygen atoms in total. The summed E-state index contributed by atoms with van der Waals surface area (Å²) in [5.74, 6) is 0. The van der Waals surface area contributed by atoms with E-state index in [1.165, 1.54) is 0 Å². The van der Waals surface area contributed by atoms with Crippen LogP contribution in [0.5, 0.6) is 0 Å². The number of rotatable bonds is 3. The minimum absolute atomic E-state index is 0.353. The Hall–Kier alpha value is -0.950. The van der Waals surface area contributed by atoms with E-state index in [-0.39, 0.29) is 0 Å². The van der Waals surface area contributed by atoms with Crippen molar-refractivity contribution < 1.29 is 0 Å². The lowest BCUT2D eigenvalue weighted by Crippen LogP contribution is -2.11. The minimum Gasteiger partial charge on any atom is -0.379 e. The molecule has 0 aromatic heterocycles. The van der Waals surface area contributed by atoms with Gasteiger partial charge in [-0.3, -0.25) is 0 Å². The van der Waals surface area contributed by atoms with Gasteiger partial charge in [0.15, 0.2) is 0 Å². The summed E-state index contributed by atoms with van der Waals surface area (Å²) in [6, 6.07) is 8.06. The summed E-state index contributed by atoms with van der Waals surface area (Å²) in [7, 11) is 0. The second-order valence-corrected chi connectivity index (χ2v) is 3.40. The van der Waals surface area contributed by atoms with Crippen LogP contribution in [-0.4, -0.2) is 6.04 Å². The second kappa shape index (κ2) is 4.93. The van der Waals surface area contributed by atoms with Gasteiger partial charge >= 0.3 is 0 Å². The second-order valence-electron chi connectivity index (χ2n) is 2.97. The Kier molecular flexibility index (Phi) is 3.84. The standard InChI is InChI=1S/C11H14ClN/c1-3-4-9(2)13-11-7-5-10(12)6-8-11/h3-9,13H,1-2H3/b4-3+/t9-/m0/s1. The van der Waals surface area contributed by atoms with Crippen LogP contribution < -0.4 is 5.32 Å². The van der Waals surface area contributed by atoms with Gasteiger partial charge in [-0.1, -0.05) is 23.8 Å². The topological polar surface area (TPSA) is 12.0 Å². The molecule has 1 N–H and O–H groups in total. The van der Waals surface area contributed by atoms with Crippen molar-refractivity contribution in [3.8, 4) is 0 Å². The molecular weight excluding hydrogens is 182 g/mol. The zero-order chi connectivity index (χ0) is 9.68. The fraction of sp³-hybridized carbons (Fsp3) is 0.273. The number of allylic oxidation sites excluding steroid dienone is 1. The third-order valence-electron chi connectivity index (χ3n) is 1.72. The lowest BCUT2D eigenvalue weighted by molar-refractivity contribution is 0.995. The number of benzene rings is 1. The van der Waals surface area contributed by atoms with E-state index in [0.717, 1.165) is 10.7 Å². The van der Waals surface area contributed by atoms with Crippen LogP contribution in [0, 0.1) is 0 Å². The van der Waals surface area contributed by atoms with Crippen LogP contribution in [0.15, 0.2) is 36.4 Å². The first-order chi connectivity index (χ1) is 6.22. The highest BCUT2D eigenvalue weighted by atomic mass is 35.5. The van der Waals surface area contributed by atoms with Gasteiger partial charge in [0.2, 0.25) is 0 Å². The molecular formula is C11H14ClN. The van der Waals surface area contributed by atoms with E-state index in [0.29, 0.717) is 6.04 Å². The molecule has 1 aromatic rings. The molecule has 0 heterocycles. The molecule has 0 aliphatic rings. The van der Waals surface area contributed by atoms with E-state index < -0.39 is 0 Å². The normalized spacial score (nSPS) is 13.2. The lowest BCUT2D eigenvalue weighted by Gasteiger charge is -2.10. The average Bonchev–Trinajstić information content (AvgIpc) is 2.09. The monoisotopic (exact) mass is 195 g/mol. The molecule has 0 aliphatic carbocycles. The van der Waals surface area contributed by atoms with Crippen molar-refractivity contribution in [1.82, 2.24) is 0 Å². The van der Waals surface area contributed by atoms with Crippen LogP contribution in [0.1, 0.15) is 13.8 Å². The molecule has 0 amide bonds. The zero-order valence-corrected chi connectivity index (χ0v) is 8.68. The SMILES string of the molecule is C/C=C/[C@H](C)Nc1ccc(Cl)cc1. The van der Waals surface area contributed by atoms with Crippen molar-refractivity contribution in [2.45, 2.75) is 19.9 Å². The Morgan fingerprint density at radius 3 is 2.46 bits per heavy atom. The van der Waals surface area contributed by atoms with Gasteiger partial charge in [-0.15, -0.1) is 0 Å². The van der Waals surface area contributed by atoms with Gasteiger partial charge in [0.1, 0.15) is 0 Å². The first-order valence-electron chi connectivity index (χ1n) is 4.37. The molecule has 1 rings (SSSR count). The number of hydrogen-bond donors (Lipinski definition) is 1. The van der Waals surface area contributed by atoms with Gasteiger partial charge < -0.3 is 5.32 Å². The van der Waals surface area contributed by atoms with Crippen LogP contribution in [-0.2, 0) is 0 Å². The van der Waals surface area contributed by atoms with Gasteiger partial charge in [-0.2, -0.15) is 0 Å². The third-order valence-corrected chi connectivity index (χ3v) is 1.97. The molecule has 0 unspecified atom stereocenters. The van der Waals surface area contributed by atoms with Crippen LogP contribution in [0.3, 0.4) is 0 Å². The fourth-order valence-corrected chi connectivity index (χ4v) is 1.27. The maximum absolute atomic E-state index is 5.77. The lowest BCUT2D eigenvalue weighted by atomic mass is 10.2. The van der Waals surface area contributed by atoms with E-state index in [1.54, 1.807) is 0 Å². The van der Waals surface area contributed by atoms with Gasteiger partial charge in [0, 0.05) is 16.8 Å². The van der Waals surface area contributed by atoms with Gasteiger partial charge in [-0.05, 0) is 38.1 Å². The molecule has 2 heteroatoms. The molecule has 0 fully saturated rings. The molecule has 1 aromatic carbocycles. The summed E-state index contributed by atoms with van der Waals surface area (Å²) in [6.07, 6.45) is 4.14. The van der Waals surface area contributed by atoms with Crippen molar-refractivity contribution in [3.63, 3.8) is 0 Å². The molecule has 1 atom stereocenters. The molecule has 13 heavy (non-hydrogen) atoms. The molecule has 0 aliphatic heterocycles. The summed E-state index contributed by atoms with van der Waals surface area (Å²) in [4.78, 5) is 0. The Balaban J connectivity index is 2.59. The van der Waals surface area contributed by atoms with Crippen molar-refractivity contribution in [1.29, 1.82) is 0 Å². The Bertz CT molecular complexity index is 277. The van der Waals surface area contributed by atoms with E-state index in [2.05, 4.69) is 18.3 Å². The van der Waals surface area contributed by atoms with Crippen LogP contribution in [0.4, 0.5) is 5.69 Å². The number of halogens is 1. The maximum Gasteiger partial charge on any atom is 0.0416 e. The predicted octanol–water partition coefficient (Wildman–Crippen LogP) is 3.72. The Labute approximate surface area is 84.4 Å². The first kappa shape index (κ1) is 10.1. The molecule has 0 radical (unpaired) electrons. The Morgan fingerprint density at radius 1 is 1.31 bits per heavy atom. The van der Waals surface area contributed by atoms with Gasteiger partial charge in [0.25, 0.3) is 0 Å². The molecule has 70 valence electrons. The average molecular weight is 196 g/mol. The van der Waals surface area contributed by atoms with E-state index in [1.807, 2.05) is 37.3 Å². The molecule has 0 saturated heterocycles. The number of nitrogens with one attached hydrogen (secondary N) is 1. The zero-order valence-electron chi connectivity index (χ0n) is 7.92. The summed E-state index contributed by atoms with van der Waals surface area (Å²) < 4.78 is 0. The van der Waals surface area contributed by atoms with E-state index >= 15 is 0 Å². The number of anilines is 1. The highest BCUT2D eigenvalue weighted by Gasteiger charge is 1.95. The maximum atomic E-state index is 5.77. The number of hydrogen-bond acceptors (Lipinski definition) is 1. The smallest absolute Gasteiger partial charge is 0.0416 e. The van der Waals surface area contributed by atoms with Gasteiger partial charge in [0.05, 0.1) is 0 Å². The van der Waals surface area contributed by atoms with Gasteiger partial charge in [-0.25, -0.2) is 0 Å². The summed E-state index contributed by atoms with van der Waals surface area (Å²) >= 11 is 5.77. The largest absolute Gasteiger partial charge is 0.379 e. The predicted molar refractivity (Wildman–Crippen MR) is 59.4 cm³/mol. The molecule has 0 spiro atoms. The van der Waals surface area contributed by atoms with Crippen molar-refractivity contribution >= 4 is 17.3 Å². The minimum atomic E-state index is 0.353. The van der Waals surface area contributed by atoms with E-state index in [4.69, 9.17) is 11.6 Å². The summed E-state index contributed by atoms with van der Waals surface area (Å²) in [5.41, 5.74) is 1.09. The quantitative estimate of drug-likeness (QED) is 0.725. The Morgan fingerprint density at radius 2 is 1.92 bits per heavy atom. The molecule has 0 bridgehead atoms. The highest BCUT2D eigenvalue weighted by Crippen LogP contribution is 2.14. The van der Waals surface area contributed by atoms with Crippen LogP contribution in [0.25, 0.3) is 0 Å². The summed E-state index contributed by atoms with van der Waals surface area (Å²) in [5, 5.41) is 4.09. The highest BCUT2D eigenvalue weighted by molar-refractivity contribution is 6.30. The van der Waals surface area contributed by atoms with Crippen molar-refractivity contribution in [3.05, 3.63) is 41.4 Å². The van der Waals surface area contributed by atoms with Crippen LogP contribution in [0.2, 0.25) is 5.02 Å². The van der Waals surface area contributed by atoms with E-state index in [9.17, 15) is 0 Å². The first-order valence-corrected chi connectivity index (χ1v) is 4.75. The van der Waals surface area contributed by atoms with Crippen molar-refractivity contribution in [2.75, 3.05) is 5.32 Å². The van der Waals surface area contributed by atoms with Crippen molar-refractivity contribution in [2.24, 2.45) is 0 Å². The third kappa shape index (κ3) is 3.51. The molecule has 0 saturated carbocycles.